The van der Waals surface area contributed by atoms with Crippen molar-refractivity contribution in [2.75, 3.05) is 6.61 Å². The average molecular weight is 770 g/mol. The second-order valence-electron chi connectivity index (χ2n) is 14.5. The van der Waals surface area contributed by atoms with E-state index >= 15 is 0 Å². The number of nitrogens with zero attached hydrogens (tertiary/aromatic N) is 7. The first-order valence-electron chi connectivity index (χ1n) is 16.3. The van der Waals surface area contributed by atoms with Crippen molar-refractivity contribution in [3.8, 4) is 5.69 Å². The summed E-state index contributed by atoms with van der Waals surface area (Å²) in [5, 5.41) is 9.65. The number of alkyl carbamates (subject to hydrolysis) is 1. The lowest BCUT2D eigenvalue weighted by molar-refractivity contribution is -0.136. The smallest absolute Gasteiger partial charge is 0.407 e. The van der Waals surface area contributed by atoms with Gasteiger partial charge in [-0.1, -0.05) is 56.7 Å². The molecule has 53 heavy (non-hydrogen) atoms. The number of aromatic nitrogens is 5. The molecule has 1 aliphatic carbocycles. The molecule has 1 aliphatic heterocycles. The van der Waals surface area contributed by atoms with E-state index in [2.05, 4.69) is 20.5 Å². The normalized spacial score (nSPS) is 20.0. The molecule has 2 aliphatic rings. The second kappa shape index (κ2) is 14.9. The number of allylic oxidation sites excluding steroid dienone is 3. The van der Waals surface area contributed by atoms with Gasteiger partial charge in [0.25, 0.3) is 18.8 Å². The number of halogens is 7. The van der Waals surface area contributed by atoms with Crippen molar-refractivity contribution in [2.24, 2.45) is 22.1 Å². The molecule has 3 heterocycles. The summed E-state index contributed by atoms with van der Waals surface area (Å²) in [6.07, 6.45) is 1.87. The highest BCUT2D eigenvalue weighted by Gasteiger charge is 2.55. The number of carbonyl (C=O) groups excluding carboxylic acids is 2. The van der Waals surface area contributed by atoms with E-state index in [1.54, 1.807) is 18.2 Å². The van der Waals surface area contributed by atoms with Gasteiger partial charge >= 0.3 is 12.6 Å². The zero-order valence-electron chi connectivity index (χ0n) is 29.3. The van der Waals surface area contributed by atoms with Crippen molar-refractivity contribution >= 4 is 35.1 Å². The lowest BCUT2D eigenvalue weighted by Crippen LogP contribution is -2.52. The van der Waals surface area contributed by atoms with Crippen molar-refractivity contribution in [3.05, 3.63) is 77.1 Å². The van der Waals surface area contributed by atoms with Gasteiger partial charge in [0.2, 0.25) is 0 Å². The summed E-state index contributed by atoms with van der Waals surface area (Å²) >= 11 is 6.42. The SMILES string of the molecule is CC(C)(C)C[C@]1(C2C=CC(c3cnn(C(F)F)c3)=CC2)N=C(N)N([C@H](COC(=O)NC(C)(C)C(F)F)c2ccc(Cl)c(-n3ncnc3C(F)F)c2)C1=O. The van der Waals surface area contributed by atoms with Gasteiger partial charge in [0.05, 0.1) is 28.5 Å². The van der Waals surface area contributed by atoms with Crippen LogP contribution in [0.1, 0.15) is 83.4 Å². The molecule has 2 aromatic heterocycles. The third-order valence-corrected chi connectivity index (χ3v) is 9.12. The van der Waals surface area contributed by atoms with E-state index in [-0.39, 0.29) is 35.1 Å². The van der Waals surface area contributed by atoms with Crippen LogP contribution < -0.4 is 11.1 Å². The van der Waals surface area contributed by atoms with Crippen LogP contribution in [0.25, 0.3) is 11.3 Å². The third kappa shape index (κ3) is 8.21. The summed E-state index contributed by atoms with van der Waals surface area (Å²) in [5.74, 6) is -2.15. The molecule has 3 aromatic rings. The fourth-order valence-corrected chi connectivity index (χ4v) is 6.51. The van der Waals surface area contributed by atoms with Crippen LogP contribution in [0.5, 0.6) is 0 Å². The maximum Gasteiger partial charge on any atom is 0.407 e. The molecule has 2 amide bonds. The highest BCUT2D eigenvalue weighted by molar-refractivity contribution is 6.32. The van der Waals surface area contributed by atoms with Gasteiger partial charge in [-0.25, -0.2) is 41.7 Å². The van der Waals surface area contributed by atoms with Crippen molar-refractivity contribution < 1.29 is 40.7 Å². The highest BCUT2D eigenvalue weighted by Crippen LogP contribution is 2.46. The van der Waals surface area contributed by atoms with E-state index in [0.29, 0.717) is 15.8 Å². The lowest BCUT2D eigenvalue weighted by Gasteiger charge is -2.38. The Labute approximate surface area is 305 Å². The van der Waals surface area contributed by atoms with Crippen molar-refractivity contribution in [3.63, 3.8) is 0 Å². The van der Waals surface area contributed by atoms with Gasteiger partial charge in [0.15, 0.2) is 17.3 Å². The van der Waals surface area contributed by atoms with Gasteiger partial charge in [0, 0.05) is 17.7 Å². The van der Waals surface area contributed by atoms with Gasteiger partial charge in [-0.2, -0.15) is 19.0 Å². The first kappa shape index (κ1) is 39.3. The van der Waals surface area contributed by atoms with E-state index in [1.807, 2.05) is 20.8 Å². The topological polar surface area (TPSA) is 146 Å². The quantitative estimate of drug-likeness (QED) is 0.185. The molecule has 0 spiro atoms. The summed E-state index contributed by atoms with van der Waals surface area (Å²) in [6, 6.07) is 2.89. The molecule has 1 unspecified atom stereocenters. The van der Waals surface area contributed by atoms with Crippen LogP contribution in [0.3, 0.4) is 0 Å². The molecule has 1 aromatic carbocycles. The molecule has 286 valence electrons. The van der Waals surface area contributed by atoms with Gasteiger partial charge < -0.3 is 15.8 Å². The molecule has 0 fully saturated rings. The van der Waals surface area contributed by atoms with Crippen LogP contribution in [0.4, 0.5) is 31.1 Å². The molecule has 0 bridgehead atoms. The first-order valence-corrected chi connectivity index (χ1v) is 16.7. The first-order chi connectivity index (χ1) is 24.7. The monoisotopic (exact) mass is 769 g/mol. The summed E-state index contributed by atoms with van der Waals surface area (Å²) < 4.78 is 87.9. The Morgan fingerprint density at radius 3 is 2.43 bits per heavy atom. The summed E-state index contributed by atoms with van der Waals surface area (Å²) in [7, 11) is 0. The van der Waals surface area contributed by atoms with E-state index < -0.39 is 72.3 Å². The summed E-state index contributed by atoms with van der Waals surface area (Å²) in [6.45, 7) is 4.44. The van der Waals surface area contributed by atoms with Crippen LogP contribution in [0.2, 0.25) is 5.02 Å². The van der Waals surface area contributed by atoms with Crippen molar-refractivity contribution in [1.29, 1.82) is 0 Å². The van der Waals surface area contributed by atoms with Gasteiger partial charge in [-0.15, -0.1) is 0 Å². The average Bonchev–Trinajstić information content (AvgIpc) is 3.81. The van der Waals surface area contributed by atoms with E-state index in [4.69, 9.17) is 27.1 Å². The molecular formula is C34H38ClF6N9O3. The molecule has 5 rings (SSSR count). The molecule has 0 saturated carbocycles. The maximum absolute atomic E-state index is 14.9. The number of hydrogen-bond acceptors (Lipinski definition) is 8. The fraction of sp³-hybridized carbons (Fsp3) is 0.471. The minimum absolute atomic E-state index is 0.0114. The second-order valence-corrected chi connectivity index (χ2v) is 14.9. The zero-order valence-corrected chi connectivity index (χ0v) is 30.0. The lowest BCUT2D eigenvalue weighted by atomic mass is 9.70. The zero-order chi connectivity index (χ0) is 39.0. The molecule has 3 N–H and O–H groups in total. The van der Waals surface area contributed by atoms with E-state index in [1.165, 1.54) is 30.6 Å². The standard InChI is InChI=1S/C34H38ClF6N9O3/c1-32(2,3)16-34(21-9-6-18(7-10-21)20-13-44-48(14-20)29(40)41)28(51)49(30(42)46-34)24(15-53-31(52)47-33(4,5)27(38)39)19-8-11-22(35)23(12-19)50-26(25(36)37)43-17-45-50/h6-9,11-14,17,21,24-25,27,29H,10,15-16H2,1-5H3,(H2,42,46)(H,47,52)/t21?,24-,34-/m1/s1. The molecule has 0 radical (unpaired) electrons. The molecule has 12 nitrogen and oxygen atoms in total. The van der Waals surface area contributed by atoms with Gasteiger partial charge in [-0.3, -0.25) is 9.69 Å². The highest BCUT2D eigenvalue weighted by atomic mass is 35.5. The Kier molecular flexibility index (Phi) is 11.0. The van der Waals surface area contributed by atoms with Crippen molar-refractivity contribution in [2.45, 2.75) is 84.0 Å². The van der Waals surface area contributed by atoms with Crippen LogP contribution in [0, 0.1) is 11.3 Å². The number of rotatable bonds is 12. The van der Waals surface area contributed by atoms with Crippen LogP contribution in [-0.4, -0.2) is 71.5 Å². The number of carbonyl (C=O) groups is 2. The predicted octanol–water partition coefficient (Wildman–Crippen LogP) is 7.25. The Hall–Kier alpha value is -4.87. The predicted molar refractivity (Wildman–Crippen MR) is 183 cm³/mol. The third-order valence-electron chi connectivity index (χ3n) is 8.80. The van der Waals surface area contributed by atoms with Crippen LogP contribution in [-0.2, 0) is 9.53 Å². The molecule has 0 saturated heterocycles. The van der Waals surface area contributed by atoms with Crippen molar-refractivity contribution in [1.82, 2.24) is 34.8 Å². The number of nitrogens with two attached hydrogens (primary N) is 1. The summed E-state index contributed by atoms with van der Waals surface area (Å²) in [4.78, 5) is 37.2. The Balaban J connectivity index is 1.55. The van der Waals surface area contributed by atoms with E-state index in [9.17, 15) is 35.9 Å². The number of benzene rings is 1. The number of nitrogens with one attached hydrogen (secondary N) is 1. The van der Waals surface area contributed by atoms with E-state index in [0.717, 1.165) is 29.8 Å². The Morgan fingerprint density at radius 1 is 1.13 bits per heavy atom. The molecular weight excluding hydrogens is 732 g/mol. The minimum atomic E-state index is -3.03. The van der Waals surface area contributed by atoms with Crippen LogP contribution >= 0.6 is 11.6 Å². The maximum atomic E-state index is 14.9. The number of aliphatic imine (C=N–C) groups is 1. The minimum Gasteiger partial charge on any atom is -0.447 e. The fourth-order valence-electron chi connectivity index (χ4n) is 6.31. The largest absolute Gasteiger partial charge is 0.447 e. The number of hydrogen-bond donors (Lipinski definition) is 2. The number of alkyl halides is 6. The van der Waals surface area contributed by atoms with Gasteiger partial charge in [0.1, 0.15) is 12.9 Å². The summed E-state index contributed by atoms with van der Waals surface area (Å²) in [5.41, 5.74) is 3.75. The molecule has 19 heteroatoms. The Bertz CT molecular complexity index is 1940. The number of amides is 2. The van der Waals surface area contributed by atoms with Gasteiger partial charge in [-0.05, 0) is 55.4 Å². The Morgan fingerprint density at radius 2 is 1.85 bits per heavy atom. The number of ether oxygens (including phenoxy) is 1. The number of guanidine groups is 1. The molecule has 3 atom stereocenters. The van der Waals surface area contributed by atoms with Crippen LogP contribution in [0.15, 0.2) is 60.1 Å².